The summed E-state index contributed by atoms with van der Waals surface area (Å²) in [5.74, 6) is -1.67. The molecule has 1 atom stereocenters. The van der Waals surface area contributed by atoms with E-state index in [4.69, 9.17) is 9.15 Å². The van der Waals surface area contributed by atoms with Crippen molar-refractivity contribution in [1.29, 1.82) is 0 Å². The number of hydrogen-bond acceptors (Lipinski definition) is 6. The average Bonchev–Trinajstić information content (AvgIpc) is 3.07. The summed E-state index contributed by atoms with van der Waals surface area (Å²) in [6.45, 7) is 1.30. The van der Waals surface area contributed by atoms with Crippen molar-refractivity contribution in [3.05, 3.63) is 58.2 Å². The third kappa shape index (κ3) is 2.94. The molecule has 1 aromatic heterocycles. The van der Waals surface area contributed by atoms with Crippen LogP contribution >= 0.6 is 0 Å². The van der Waals surface area contributed by atoms with Gasteiger partial charge in [0.25, 0.3) is 11.6 Å². The van der Waals surface area contributed by atoms with Gasteiger partial charge in [0.15, 0.2) is 11.5 Å². The smallest absolute Gasteiger partial charge is 0.326 e. The summed E-state index contributed by atoms with van der Waals surface area (Å²) in [4.78, 5) is 35.4. The Hall–Kier alpha value is -3.62. The SMILES string of the molecule is CC(C(=O)O)N1C(=O)/C(=C\c2ccco2)Oc2ccc([N+](=O)[O-])cc21. The lowest BCUT2D eigenvalue weighted by atomic mass is 10.1. The summed E-state index contributed by atoms with van der Waals surface area (Å²) < 4.78 is 10.6. The molecule has 9 nitrogen and oxygen atoms in total. The number of non-ortho nitro benzene ring substituents is 1. The van der Waals surface area contributed by atoms with Crippen LogP contribution in [0.15, 0.2) is 46.8 Å². The molecule has 0 bridgehead atoms. The van der Waals surface area contributed by atoms with Gasteiger partial charge in [0.1, 0.15) is 11.8 Å². The fourth-order valence-corrected chi connectivity index (χ4v) is 2.37. The van der Waals surface area contributed by atoms with E-state index in [1.807, 2.05) is 0 Å². The number of rotatable bonds is 4. The second-order valence-corrected chi connectivity index (χ2v) is 5.22. The Bertz CT molecular complexity index is 886. The molecule has 9 heteroatoms. The lowest BCUT2D eigenvalue weighted by Crippen LogP contribution is -2.47. The molecule has 128 valence electrons. The number of nitrogens with zero attached hydrogens (tertiary/aromatic N) is 2. The van der Waals surface area contributed by atoms with Gasteiger partial charge in [-0.2, -0.15) is 0 Å². The van der Waals surface area contributed by atoms with E-state index >= 15 is 0 Å². The van der Waals surface area contributed by atoms with Crippen LogP contribution in [0.3, 0.4) is 0 Å². The number of benzene rings is 1. The normalized spacial score (nSPS) is 16.3. The third-order valence-electron chi connectivity index (χ3n) is 3.62. The first-order valence-electron chi connectivity index (χ1n) is 7.16. The summed E-state index contributed by atoms with van der Waals surface area (Å²) in [5.41, 5.74) is -0.262. The topological polar surface area (TPSA) is 123 Å². The number of carboxylic acid groups (broad SMARTS) is 1. The molecular weight excluding hydrogens is 332 g/mol. The molecule has 1 aliphatic heterocycles. The number of furan rings is 1. The maximum absolute atomic E-state index is 12.7. The van der Waals surface area contributed by atoms with Crippen LogP contribution in [-0.2, 0) is 9.59 Å². The molecule has 1 amide bonds. The zero-order valence-corrected chi connectivity index (χ0v) is 12.9. The minimum Gasteiger partial charge on any atom is -0.480 e. The van der Waals surface area contributed by atoms with E-state index in [0.29, 0.717) is 5.76 Å². The Morgan fingerprint density at radius 3 is 2.76 bits per heavy atom. The number of carbonyl (C=O) groups is 2. The van der Waals surface area contributed by atoms with Gasteiger partial charge in [0.2, 0.25) is 0 Å². The number of ether oxygens (including phenoxy) is 1. The maximum atomic E-state index is 12.7. The van der Waals surface area contributed by atoms with Crippen molar-refractivity contribution in [2.75, 3.05) is 4.90 Å². The molecule has 2 aromatic rings. The van der Waals surface area contributed by atoms with E-state index < -0.39 is 22.8 Å². The van der Waals surface area contributed by atoms with Gasteiger partial charge >= 0.3 is 5.97 Å². The quantitative estimate of drug-likeness (QED) is 0.513. The van der Waals surface area contributed by atoms with Crippen LogP contribution in [0.4, 0.5) is 11.4 Å². The van der Waals surface area contributed by atoms with Gasteiger partial charge in [-0.05, 0) is 25.1 Å². The first-order chi connectivity index (χ1) is 11.9. The largest absolute Gasteiger partial charge is 0.480 e. The number of carbonyl (C=O) groups excluding carboxylic acids is 1. The molecule has 1 aliphatic rings. The molecule has 1 N–H and O–H groups in total. The molecule has 1 aromatic carbocycles. The monoisotopic (exact) mass is 344 g/mol. The first-order valence-corrected chi connectivity index (χ1v) is 7.16. The molecule has 3 rings (SSSR count). The van der Waals surface area contributed by atoms with Gasteiger partial charge in [0, 0.05) is 18.2 Å². The summed E-state index contributed by atoms with van der Waals surface area (Å²) in [6.07, 6.45) is 2.74. The minimum atomic E-state index is -1.26. The Kier molecular flexibility index (Phi) is 3.97. The lowest BCUT2D eigenvalue weighted by Gasteiger charge is -2.32. The predicted molar refractivity (Wildman–Crippen MR) is 85.0 cm³/mol. The molecular formula is C16H12N2O7. The van der Waals surface area contributed by atoms with Gasteiger partial charge < -0.3 is 14.3 Å². The number of fused-ring (bicyclic) bond motifs is 1. The summed E-state index contributed by atoms with van der Waals surface area (Å²) in [5, 5.41) is 20.3. The number of amides is 1. The Morgan fingerprint density at radius 1 is 1.40 bits per heavy atom. The Balaban J connectivity index is 2.13. The van der Waals surface area contributed by atoms with Crippen LogP contribution in [0.1, 0.15) is 12.7 Å². The molecule has 0 aliphatic carbocycles. The van der Waals surface area contributed by atoms with E-state index in [0.717, 1.165) is 11.0 Å². The number of nitro benzene ring substituents is 1. The molecule has 2 heterocycles. The van der Waals surface area contributed by atoms with Crippen LogP contribution in [-0.4, -0.2) is 27.9 Å². The highest BCUT2D eigenvalue weighted by atomic mass is 16.6. The molecule has 0 saturated heterocycles. The van der Waals surface area contributed by atoms with Crippen molar-refractivity contribution in [3.8, 4) is 5.75 Å². The van der Waals surface area contributed by atoms with E-state index in [1.54, 1.807) is 12.1 Å². The first kappa shape index (κ1) is 16.2. The molecule has 0 fully saturated rings. The van der Waals surface area contributed by atoms with Gasteiger partial charge in [0.05, 0.1) is 16.9 Å². The van der Waals surface area contributed by atoms with Crippen molar-refractivity contribution in [2.24, 2.45) is 0 Å². The second-order valence-electron chi connectivity index (χ2n) is 5.22. The van der Waals surface area contributed by atoms with Crippen LogP contribution in [0, 0.1) is 10.1 Å². The number of aliphatic carboxylic acids is 1. The summed E-state index contributed by atoms with van der Waals surface area (Å²) >= 11 is 0. The number of carboxylic acids is 1. The number of hydrogen-bond donors (Lipinski definition) is 1. The predicted octanol–water partition coefficient (Wildman–Crippen LogP) is 2.43. The number of anilines is 1. The molecule has 1 unspecified atom stereocenters. The van der Waals surface area contributed by atoms with Crippen LogP contribution in [0.2, 0.25) is 0 Å². The molecule has 25 heavy (non-hydrogen) atoms. The second kappa shape index (κ2) is 6.11. The van der Waals surface area contributed by atoms with Gasteiger partial charge in [-0.25, -0.2) is 4.79 Å². The van der Waals surface area contributed by atoms with E-state index in [1.165, 1.54) is 31.4 Å². The van der Waals surface area contributed by atoms with E-state index in [9.17, 15) is 24.8 Å². The van der Waals surface area contributed by atoms with Gasteiger partial charge in [-0.15, -0.1) is 0 Å². The van der Waals surface area contributed by atoms with Crippen molar-refractivity contribution in [2.45, 2.75) is 13.0 Å². The highest BCUT2D eigenvalue weighted by molar-refractivity contribution is 6.12. The third-order valence-corrected chi connectivity index (χ3v) is 3.62. The standard InChI is InChI=1S/C16H12N2O7/c1-9(16(20)21)17-12-7-10(18(22)23)4-5-13(12)25-14(15(17)19)8-11-3-2-6-24-11/h2-9H,1H3,(H,20,21)/b14-8+. The molecule has 0 saturated carbocycles. The maximum Gasteiger partial charge on any atom is 0.326 e. The van der Waals surface area contributed by atoms with Crippen LogP contribution in [0.5, 0.6) is 5.75 Å². The average molecular weight is 344 g/mol. The van der Waals surface area contributed by atoms with Crippen molar-refractivity contribution in [1.82, 2.24) is 0 Å². The zero-order valence-electron chi connectivity index (χ0n) is 12.9. The van der Waals surface area contributed by atoms with Crippen molar-refractivity contribution >= 4 is 29.3 Å². The van der Waals surface area contributed by atoms with Crippen molar-refractivity contribution < 1.29 is 28.8 Å². The van der Waals surface area contributed by atoms with E-state index in [-0.39, 0.29) is 22.9 Å². The highest BCUT2D eigenvalue weighted by Gasteiger charge is 2.37. The Morgan fingerprint density at radius 2 is 2.16 bits per heavy atom. The summed E-state index contributed by atoms with van der Waals surface area (Å²) in [7, 11) is 0. The van der Waals surface area contributed by atoms with Gasteiger partial charge in [-0.1, -0.05) is 0 Å². The van der Waals surface area contributed by atoms with Crippen molar-refractivity contribution in [3.63, 3.8) is 0 Å². The van der Waals surface area contributed by atoms with Gasteiger partial charge in [-0.3, -0.25) is 19.8 Å². The van der Waals surface area contributed by atoms with Crippen LogP contribution < -0.4 is 9.64 Å². The van der Waals surface area contributed by atoms with Crippen LogP contribution in [0.25, 0.3) is 6.08 Å². The molecule has 0 spiro atoms. The zero-order chi connectivity index (χ0) is 18.1. The molecule has 0 radical (unpaired) electrons. The minimum absolute atomic E-state index is 0.0192. The van der Waals surface area contributed by atoms with E-state index in [2.05, 4.69) is 0 Å². The highest BCUT2D eigenvalue weighted by Crippen LogP contribution is 2.39. The number of nitro groups is 1. The lowest BCUT2D eigenvalue weighted by molar-refractivity contribution is -0.384. The summed E-state index contributed by atoms with van der Waals surface area (Å²) in [6, 6.07) is 5.60. The Labute approximate surface area is 140 Å². The fourth-order valence-electron chi connectivity index (χ4n) is 2.37. The fraction of sp³-hybridized carbons (Fsp3) is 0.125.